The van der Waals surface area contributed by atoms with Gasteiger partial charge >= 0.3 is 0 Å². The van der Waals surface area contributed by atoms with Crippen LogP contribution in [-0.2, 0) is 9.59 Å². The summed E-state index contributed by atoms with van der Waals surface area (Å²) in [6.07, 6.45) is 1.39. The molecule has 0 unspecified atom stereocenters. The van der Waals surface area contributed by atoms with E-state index in [0.717, 1.165) is 5.75 Å². The molecule has 2 amide bonds. The van der Waals surface area contributed by atoms with E-state index >= 15 is 0 Å². The number of rotatable bonds is 7. The van der Waals surface area contributed by atoms with Crippen LogP contribution in [0, 0.1) is 0 Å². The third kappa shape index (κ3) is 4.57. The Morgan fingerprint density at radius 1 is 0.933 bits per heavy atom. The lowest BCUT2D eigenvalue weighted by Gasteiger charge is -2.44. The fourth-order valence-electron chi connectivity index (χ4n) is 4.11. The zero-order valence-electron chi connectivity index (χ0n) is 17.0. The first-order valence-corrected chi connectivity index (χ1v) is 10.4. The number of hydrogen-bond donors (Lipinski definition) is 1. The Hall–Kier alpha value is -3.06. The number of nitrogens with one attached hydrogen (secondary N) is 1. The third-order valence-corrected chi connectivity index (χ3v) is 5.76. The molecular weight excluding hydrogens is 382 g/mol. The average molecular weight is 409 g/mol. The molecular formula is C23H27N3O4. The quantitative estimate of drug-likeness (QED) is 0.756. The number of carbonyl (C=O) groups is 2. The number of piperidine rings is 1. The number of carbonyl (C=O) groups excluding carboxylic acids is 2. The van der Waals surface area contributed by atoms with Crippen LogP contribution in [0.5, 0.6) is 11.5 Å². The summed E-state index contributed by atoms with van der Waals surface area (Å²) in [6, 6.07) is 18.9. The molecule has 0 atom stereocenters. The summed E-state index contributed by atoms with van der Waals surface area (Å²) in [7, 11) is 0. The van der Waals surface area contributed by atoms with E-state index in [1.165, 1.54) is 0 Å². The monoisotopic (exact) mass is 409 g/mol. The summed E-state index contributed by atoms with van der Waals surface area (Å²) in [4.78, 5) is 28.7. The van der Waals surface area contributed by atoms with Crippen molar-refractivity contribution in [3.05, 3.63) is 60.7 Å². The van der Waals surface area contributed by atoms with Gasteiger partial charge in [-0.15, -0.1) is 0 Å². The minimum Gasteiger partial charge on any atom is -0.492 e. The number of amides is 2. The van der Waals surface area contributed by atoms with Crippen LogP contribution in [-0.4, -0.2) is 66.7 Å². The molecule has 2 fully saturated rings. The second kappa shape index (κ2) is 9.17. The summed E-state index contributed by atoms with van der Waals surface area (Å²) in [5.74, 6) is 1.54. The van der Waals surface area contributed by atoms with E-state index in [0.29, 0.717) is 51.4 Å². The molecule has 1 spiro atoms. The van der Waals surface area contributed by atoms with Crippen LogP contribution >= 0.6 is 0 Å². The molecule has 0 aromatic heterocycles. The number of para-hydroxylation sites is 2. The zero-order chi connectivity index (χ0) is 20.8. The number of benzene rings is 2. The van der Waals surface area contributed by atoms with Gasteiger partial charge in [-0.3, -0.25) is 14.9 Å². The first-order valence-electron chi connectivity index (χ1n) is 10.4. The van der Waals surface area contributed by atoms with Crippen molar-refractivity contribution in [2.24, 2.45) is 0 Å². The van der Waals surface area contributed by atoms with E-state index < -0.39 is 5.66 Å². The Balaban J connectivity index is 1.28. The van der Waals surface area contributed by atoms with Crippen LogP contribution in [0.25, 0.3) is 0 Å². The van der Waals surface area contributed by atoms with E-state index in [-0.39, 0.29) is 18.4 Å². The van der Waals surface area contributed by atoms with Gasteiger partial charge in [0.05, 0.1) is 18.8 Å². The first kappa shape index (κ1) is 20.2. The third-order valence-electron chi connectivity index (χ3n) is 5.76. The highest BCUT2D eigenvalue weighted by Gasteiger charge is 2.47. The van der Waals surface area contributed by atoms with Gasteiger partial charge in [-0.05, 0) is 24.3 Å². The van der Waals surface area contributed by atoms with Crippen LogP contribution in [0.2, 0.25) is 0 Å². The largest absolute Gasteiger partial charge is 0.492 e. The smallest absolute Gasteiger partial charge is 0.260 e. The van der Waals surface area contributed by atoms with Crippen molar-refractivity contribution in [1.82, 2.24) is 15.1 Å². The van der Waals surface area contributed by atoms with E-state index in [1.807, 2.05) is 70.5 Å². The van der Waals surface area contributed by atoms with Crippen molar-refractivity contribution in [3.8, 4) is 11.5 Å². The highest BCUT2D eigenvalue weighted by Crippen LogP contribution is 2.30. The lowest BCUT2D eigenvalue weighted by atomic mass is 9.96. The number of nitrogens with zero attached hydrogens (tertiary/aromatic N) is 2. The van der Waals surface area contributed by atoms with Gasteiger partial charge in [-0.2, -0.15) is 0 Å². The van der Waals surface area contributed by atoms with E-state index in [1.54, 1.807) is 0 Å². The van der Waals surface area contributed by atoms with Crippen molar-refractivity contribution >= 4 is 11.8 Å². The Morgan fingerprint density at radius 3 is 2.17 bits per heavy atom. The Bertz CT molecular complexity index is 851. The predicted molar refractivity (Wildman–Crippen MR) is 112 cm³/mol. The summed E-state index contributed by atoms with van der Waals surface area (Å²) in [6.45, 7) is 2.49. The van der Waals surface area contributed by atoms with E-state index in [9.17, 15) is 9.59 Å². The molecule has 4 rings (SSSR count). The molecule has 2 saturated heterocycles. The minimum atomic E-state index is -0.395. The van der Waals surface area contributed by atoms with Crippen molar-refractivity contribution in [2.75, 3.05) is 39.4 Å². The molecule has 0 radical (unpaired) electrons. The van der Waals surface area contributed by atoms with Crippen molar-refractivity contribution in [1.29, 1.82) is 0 Å². The molecule has 7 nitrogen and oxygen atoms in total. The highest BCUT2D eigenvalue weighted by molar-refractivity contribution is 5.82. The molecule has 158 valence electrons. The topological polar surface area (TPSA) is 71.1 Å². The van der Waals surface area contributed by atoms with Gasteiger partial charge in [0.15, 0.2) is 6.61 Å². The Kier molecular flexibility index (Phi) is 6.18. The van der Waals surface area contributed by atoms with Gasteiger partial charge in [-0.1, -0.05) is 36.4 Å². The molecule has 0 aliphatic carbocycles. The number of likely N-dealkylation sites (tertiary alicyclic amines) is 1. The van der Waals surface area contributed by atoms with Crippen molar-refractivity contribution < 1.29 is 19.1 Å². The molecule has 1 N–H and O–H groups in total. The maximum atomic E-state index is 12.5. The summed E-state index contributed by atoms with van der Waals surface area (Å²) in [5.41, 5.74) is -0.395. The molecule has 2 aliphatic heterocycles. The first-order chi connectivity index (χ1) is 14.7. The van der Waals surface area contributed by atoms with Crippen LogP contribution in [0.1, 0.15) is 12.8 Å². The highest BCUT2D eigenvalue weighted by atomic mass is 16.5. The predicted octanol–water partition coefficient (Wildman–Crippen LogP) is 1.89. The fraction of sp³-hybridized carbons (Fsp3) is 0.391. The van der Waals surface area contributed by atoms with Gasteiger partial charge < -0.3 is 19.3 Å². The van der Waals surface area contributed by atoms with Gasteiger partial charge in [0, 0.05) is 25.9 Å². The Labute approximate surface area is 176 Å². The molecule has 2 aromatic rings. The summed E-state index contributed by atoms with van der Waals surface area (Å²) in [5, 5.41) is 3.39. The fourth-order valence-corrected chi connectivity index (χ4v) is 4.11. The van der Waals surface area contributed by atoms with Crippen LogP contribution < -0.4 is 14.8 Å². The minimum absolute atomic E-state index is 0.0258. The number of hydrogen-bond acceptors (Lipinski definition) is 5. The van der Waals surface area contributed by atoms with Crippen LogP contribution in [0.15, 0.2) is 60.7 Å². The van der Waals surface area contributed by atoms with Gasteiger partial charge in [0.1, 0.15) is 18.1 Å². The Morgan fingerprint density at radius 2 is 1.53 bits per heavy atom. The molecule has 7 heteroatoms. The molecule has 0 bridgehead atoms. The molecule has 0 saturated carbocycles. The SMILES string of the molecule is O=C(COc1ccccc1)N1CCC2(CC1)NCC(=O)N2CCOc1ccccc1. The maximum Gasteiger partial charge on any atom is 0.260 e. The van der Waals surface area contributed by atoms with E-state index in [4.69, 9.17) is 9.47 Å². The second-order valence-electron chi connectivity index (χ2n) is 7.57. The van der Waals surface area contributed by atoms with Crippen LogP contribution in [0.4, 0.5) is 0 Å². The molecule has 2 aliphatic rings. The lowest BCUT2D eigenvalue weighted by molar-refractivity contribution is -0.138. The second-order valence-corrected chi connectivity index (χ2v) is 7.57. The van der Waals surface area contributed by atoms with Gasteiger partial charge in [-0.25, -0.2) is 0 Å². The van der Waals surface area contributed by atoms with Crippen molar-refractivity contribution in [3.63, 3.8) is 0 Å². The normalized spacial score (nSPS) is 17.9. The zero-order valence-corrected chi connectivity index (χ0v) is 17.0. The maximum absolute atomic E-state index is 12.5. The summed E-state index contributed by atoms with van der Waals surface area (Å²) < 4.78 is 11.4. The average Bonchev–Trinajstić information content (AvgIpc) is 3.09. The van der Waals surface area contributed by atoms with E-state index in [2.05, 4.69) is 5.32 Å². The molecule has 2 heterocycles. The number of ether oxygens (including phenoxy) is 2. The lowest BCUT2D eigenvalue weighted by Crippen LogP contribution is -2.60. The van der Waals surface area contributed by atoms with Gasteiger partial charge in [0.2, 0.25) is 5.91 Å². The van der Waals surface area contributed by atoms with Crippen LogP contribution in [0.3, 0.4) is 0 Å². The molecule has 2 aromatic carbocycles. The molecule has 30 heavy (non-hydrogen) atoms. The van der Waals surface area contributed by atoms with Gasteiger partial charge in [0.25, 0.3) is 5.91 Å². The van der Waals surface area contributed by atoms with Crippen molar-refractivity contribution in [2.45, 2.75) is 18.5 Å². The summed E-state index contributed by atoms with van der Waals surface area (Å²) >= 11 is 0. The standard InChI is InChI=1S/C23H27N3O4/c27-21-17-24-23(26(21)15-16-29-19-7-3-1-4-8-19)11-13-25(14-12-23)22(28)18-30-20-9-5-2-6-10-20/h1-10,24H,11-18H2.